The third-order valence-corrected chi connectivity index (χ3v) is 3.77. The lowest BCUT2D eigenvalue weighted by Crippen LogP contribution is -2.31. The Morgan fingerprint density at radius 1 is 0.941 bits per heavy atom. The molecule has 0 atom stereocenters. The van der Waals surface area contributed by atoms with Gasteiger partial charge in [0.15, 0.2) is 0 Å². The maximum Gasteiger partial charge on any atom is 0.00217 e. The maximum absolute atomic E-state index is 5.87. The minimum Gasteiger partial charge on any atom is -0.330 e. The van der Waals surface area contributed by atoms with Gasteiger partial charge in [-0.3, -0.25) is 0 Å². The Labute approximate surface area is 105 Å². The monoisotopic (exact) mass is 234 g/mol. The molecule has 0 saturated heterocycles. The fourth-order valence-corrected chi connectivity index (χ4v) is 2.00. The van der Waals surface area contributed by atoms with Crippen molar-refractivity contribution in [2.45, 2.75) is 45.4 Å². The molecular formula is C15H26N2. The second kappa shape index (κ2) is 4.79. The maximum atomic E-state index is 5.87. The number of aryl methyl sites for hydroxylation is 1. The predicted octanol–water partition coefficient (Wildman–Crippen LogP) is 2.47. The van der Waals surface area contributed by atoms with Crippen molar-refractivity contribution in [1.82, 2.24) is 0 Å². The van der Waals surface area contributed by atoms with Gasteiger partial charge in [0, 0.05) is 23.9 Å². The van der Waals surface area contributed by atoms with Crippen molar-refractivity contribution in [3.05, 3.63) is 34.9 Å². The molecule has 0 unspecified atom stereocenters. The molecule has 0 amide bonds. The van der Waals surface area contributed by atoms with E-state index in [1.54, 1.807) is 0 Å². The quantitative estimate of drug-likeness (QED) is 0.841. The molecule has 0 heterocycles. The minimum absolute atomic E-state index is 0.0186. The molecule has 17 heavy (non-hydrogen) atoms. The highest BCUT2D eigenvalue weighted by Gasteiger charge is 2.24. The van der Waals surface area contributed by atoms with E-state index >= 15 is 0 Å². The highest BCUT2D eigenvalue weighted by molar-refractivity contribution is 5.39. The third-order valence-electron chi connectivity index (χ3n) is 3.77. The van der Waals surface area contributed by atoms with Crippen LogP contribution >= 0.6 is 0 Å². The molecule has 0 aliphatic carbocycles. The van der Waals surface area contributed by atoms with E-state index < -0.39 is 0 Å². The van der Waals surface area contributed by atoms with Crippen molar-refractivity contribution in [2.75, 3.05) is 13.1 Å². The minimum atomic E-state index is 0.0186. The molecule has 1 rings (SSSR count). The second-order valence-corrected chi connectivity index (χ2v) is 6.21. The van der Waals surface area contributed by atoms with Crippen LogP contribution in [0.4, 0.5) is 0 Å². The number of benzene rings is 1. The van der Waals surface area contributed by atoms with Gasteiger partial charge in [-0.05, 0) is 23.6 Å². The van der Waals surface area contributed by atoms with E-state index in [1.165, 1.54) is 16.7 Å². The summed E-state index contributed by atoms with van der Waals surface area (Å²) in [4.78, 5) is 0. The van der Waals surface area contributed by atoms with Crippen molar-refractivity contribution in [2.24, 2.45) is 11.5 Å². The molecule has 0 fully saturated rings. The fourth-order valence-electron chi connectivity index (χ4n) is 2.00. The van der Waals surface area contributed by atoms with Gasteiger partial charge in [-0.2, -0.15) is 0 Å². The first kappa shape index (κ1) is 14.2. The SMILES string of the molecule is Cc1ccc(C(C)(C)CN)cc1C(C)(C)CN. The molecule has 0 bridgehead atoms. The zero-order valence-corrected chi connectivity index (χ0v) is 11.8. The number of nitrogens with two attached hydrogens (primary N) is 2. The van der Waals surface area contributed by atoms with Crippen LogP contribution in [0.5, 0.6) is 0 Å². The summed E-state index contributed by atoms with van der Waals surface area (Å²) in [5, 5.41) is 0. The molecule has 0 aromatic heterocycles. The van der Waals surface area contributed by atoms with Gasteiger partial charge in [0.25, 0.3) is 0 Å². The van der Waals surface area contributed by atoms with Crippen molar-refractivity contribution in [1.29, 1.82) is 0 Å². The summed E-state index contributed by atoms with van der Waals surface area (Å²) in [5.74, 6) is 0. The Hall–Kier alpha value is -0.860. The van der Waals surface area contributed by atoms with E-state index in [1.807, 2.05) is 0 Å². The summed E-state index contributed by atoms with van der Waals surface area (Å²) < 4.78 is 0. The summed E-state index contributed by atoms with van der Waals surface area (Å²) in [5.41, 5.74) is 15.7. The molecule has 2 heteroatoms. The summed E-state index contributed by atoms with van der Waals surface area (Å²) in [6.07, 6.45) is 0. The van der Waals surface area contributed by atoms with Gasteiger partial charge in [0.2, 0.25) is 0 Å². The highest BCUT2D eigenvalue weighted by atomic mass is 14.6. The van der Waals surface area contributed by atoms with Gasteiger partial charge < -0.3 is 11.5 Å². The summed E-state index contributed by atoms with van der Waals surface area (Å²) in [6, 6.07) is 6.63. The topological polar surface area (TPSA) is 52.0 Å². The van der Waals surface area contributed by atoms with E-state index in [2.05, 4.69) is 52.8 Å². The van der Waals surface area contributed by atoms with Gasteiger partial charge in [0.1, 0.15) is 0 Å². The molecule has 0 radical (unpaired) electrons. The zero-order chi connectivity index (χ0) is 13.3. The first-order valence-corrected chi connectivity index (χ1v) is 6.26. The van der Waals surface area contributed by atoms with E-state index in [4.69, 9.17) is 11.5 Å². The number of hydrogen-bond donors (Lipinski definition) is 2. The molecule has 0 aliphatic heterocycles. The number of rotatable bonds is 4. The molecule has 0 aliphatic rings. The average molecular weight is 234 g/mol. The van der Waals surface area contributed by atoms with Crippen molar-refractivity contribution in [3.63, 3.8) is 0 Å². The lowest BCUT2D eigenvalue weighted by atomic mass is 9.77. The van der Waals surface area contributed by atoms with Crippen LogP contribution in [0.1, 0.15) is 44.4 Å². The third kappa shape index (κ3) is 2.88. The Balaban J connectivity index is 3.30. The van der Waals surface area contributed by atoms with E-state index in [-0.39, 0.29) is 10.8 Å². The summed E-state index contributed by atoms with van der Waals surface area (Å²) >= 11 is 0. The van der Waals surface area contributed by atoms with E-state index in [9.17, 15) is 0 Å². The first-order valence-electron chi connectivity index (χ1n) is 6.26. The molecule has 96 valence electrons. The van der Waals surface area contributed by atoms with Crippen LogP contribution in [-0.2, 0) is 10.8 Å². The Bertz CT molecular complexity index is 392. The molecule has 1 aromatic carbocycles. The average Bonchev–Trinajstić information content (AvgIpc) is 2.29. The van der Waals surface area contributed by atoms with Crippen LogP contribution in [0.15, 0.2) is 18.2 Å². The lowest BCUT2D eigenvalue weighted by Gasteiger charge is -2.29. The standard InChI is InChI=1S/C15H26N2/c1-11-6-7-12(14(2,3)9-16)8-13(11)15(4,5)10-17/h6-8H,9-10,16-17H2,1-5H3. The molecule has 0 saturated carbocycles. The fraction of sp³-hybridized carbons (Fsp3) is 0.600. The van der Waals surface area contributed by atoms with Crippen molar-refractivity contribution in [3.8, 4) is 0 Å². The van der Waals surface area contributed by atoms with Crippen LogP contribution < -0.4 is 11.5 Å². The van der Waals surface area contributed by atoms with Crippen LogP contribution in [0.2, 0.25) is 0 Å². The predicted molar refractivity (Wildman–Crippen MR) is 75.3 cm³/mol. The van der Waals surface area contributed by atoms with E-state index in [0.717, 1.165) is 0 Å². The van der Waals surface area contributed by atoms with Gasteiger partial charge in [-0.1, -0.05) is 45.9 Å². The lowest BCUT2D eigenvalue weighted by molar-refractivity contribution is 0.518. The molecule has 4 N–H and O–H groups in total. The largest absolute Gasteiger partial charge is 0.330 e. The van der Waals surface area contributed by atoms with Crippen molar-refractivity contribution >= 4 is 0 Å². The van der Waals surface area contributed by atoms with Gasteiger partial charge >= 0.3 is 0 Å². The Morgan fingerprint density at radius 3 is 1.94 bits per heavy atom. The van der Waals surface area contributed by atoms with Gasteiger partial charge in [-0.15, -0.1) is 0 Å². The highest BCUT2D eigenvalue weighted by Crippen LogP contribution is 2.30. The Kier molecular flexibility index (Phi) is 4.00. The van der Waals surface area contributed by atoms with E-state index in [0.29, 0.717) is 13.1 Å². The summed E-state index contributed by atoms with van der Waals surface area (Å²) in [7, 11) is 0. The smallest absolute Gasteiger partial charge is 0.00217 e. The normalized spacial score (nSPS) is 12.9. The van der Waals surface area contributed by atoms with Gasteiger partial charge in [0.05, 0.1) is 0 Å². The van der Waals surface area contributed by atoms with Crippen molar-refractivity contribution < 1.29 is 0 Å². The van der Waals surface area contributed by atoms with Gasteiger partial charge in [-0.25, -0.2) is 0 Å². The van der Waals surface area contributed by atoms with Crippen LogP contribution in [0.25, 0.3) is 0 Å². The molecule has 2 nitrogen and oxygen atoms in total. The Morgan fingerprint density at radius 2 is 1.47 bits per heavy atom. The first-order chi connectivity index (χ1) is 7.74. The van der Waals surface area contributed by atoms with Crippen LogP contribution in [-0.4, -0.2) is 13.1 Å². The molecule has 0 spiro atoms. The van der Waals surface area contributed by atoms with Crippen LogP contribution in [0, 0.1) is 6.92 Å². The van der Waals surface area contributed by atoms with Crippen LogP contribution in [0.3, 0.4) is 0 Å². The second-order valence-electron chi connectivity index (χ2n) is 6.21. The molecular weight excluding hydrogens is 208 g/mol. The molecule has 1 aromatic rings. The number of hydrogen-bond acceptors (Lipinski definition) is 2. The zero-order valence-electron chi connectivity index (χ0n) is 11.8. The summed E-state index contributed by atoms with van der Waals surface area (Å²) in [6.45, 7) is 12.2.